The van der Waals surface area contributed by atoms with Crippen LogP contribution in [0.15, 0.2) is 81.6 Å². The monoisotopic (exact) mass is 522 g/mol. The van der Waals surface area contributed by atoms with Gasteiger partial charge in [0.05, 0.1) is 15.6 Å². The number of aryl methyl sites for hydroxylation is 1. The van der Waals surface area contributed by atoms with E-state index < -0.39 is 0 Å². The minimum Gasteiger partial charge on any atom is -0.457 e. The Morgan fingerprint density at radius 1 is 0.886 bits per heavy atom. The third-order valence-electron chi connectivity index (χ3n) is 5.23. The van der Waals surface area contributed by atoms with Crippen molar-refractivity contribution in [3.05, 3.63) is 99.2 Å². The second-order valence-electron chi connectivity index (χ2n) is 7.83. The third kappa shape index (κ3) is 5.13. The first kappa shape index (κ1) is 23.2. The highest BCUT2D eigenvalue weighted by Gasteiger charge is 2.14. The maximum absolute atomic E-state index is 12.5. The van der Waals surface area contributed by atoms with E-state index in [9.17, 15) is 4.79 Å². The van der Waals surface area contributed by atoms with Crippen LogP contribution in [0.1, 0.15) is 11.3 Å². The second-order valence-corrected chi connectivity index (χ2v) is 9.08. The molecular formula is C27H17Cl3N2O3. The van der Waals surface area contributed by atoms with Gasteiger partial charge in [0.1, 0.15) is 17.0 Å². The van der Waals surface area contributed by atoms with Crippen molar-refractivity contribution in [1.82, 2.24) is 4.98 Å². The normalized spacial score (nSPS) is 11.4. The zero-order chi connectivity index (χ0) is 24.5. The lowest BCUT2D eigenvalue weighted by atomic mass is 10.2. The molecule has 0 aliphatic heterocycles. The first-order chi connectivity index (χ1) is 16.9. The van der Waals surface area contributed by atoms with Gasteiger partial charge in [0.2, 0.25) is 11.8 Å². The van der Waals surface area contributed by atoms with Crippen molar-refractivity contribution in [2.45, 2.75) is 6.92 Å². The molecule has 0 radical (unpaired) electrons. The van der Waals surface area contributed by atoms with E-state index in [1.165, 1.54) is 6.08 Å². The number of rotatable bonds is 5. The Morgan fingerprint density at radius 2 is 1.74 bits per heavy atom. The molecule has 0 saturated carbocycles. The third-order valence-corrected chi connectivity index (χ3v) is 6.11. The van der Waals surface area contributed by atoms with Crippen LogP contribution in [0.5, 0.6) is 0 Å². The van der Waals surface area contributed by atoms with Crippen LogP contribution in [-0.2, 0) is 4.79 Å². The molecule has 35 heavy (non-hydrogen) atoms. The fraction of sp³-hybridized carbons (Fsp3) is 0.0370. The maximum atomic E-state index is 12.5. The van der Waals surface area contributed by atoms with Crippen LogP contribution in [-0.4, -0.2) is 10.9 Å². The molecule has 0 unspecified atom stereocenters. The Labute approximate surface area is 215 Å². The van der Waals surface area contributed by atoms with Gasteiger partial charge in [-0.3, -0.25) is 4.79 Å². The molecule has 3 aromatic carbocycles. The number of nitrogens with zero attached hydrogens (tertiary/aromatic N) is 1. The molecule has 0 atom stereocenters. The summed E-state index contributed by atoms with van der Waals surface area (Å²) in [5, 5.41) is 4.30. The van der Waals surface area contributed by atoms with Gasteiger partial charge in [-0.1, -0.05) is 40.9 Å². The molecule has 2 aromatic heterocycles. The lowest BCUT2D eigenvalue weighted by molar-refractivity contribution is -0.111. The van der Waals surface area contributed by atoms with E-state index >= 15 is 0 Å². The number of hydrogen-bond acceptors (Lipinski definition) is 4. The van der Waals surface area contributed by atoms with Gasteiger partial charge in [0.15, 0.2) is 5.58 Å². The number of oxazole rings is 1. The van der Waals surface area contributed by atoms with Gasteiger partial charge in [-0.05, 0) is 79.2 Å². The van der Waals surface area contributed by atoms with Crippen molar-refractivity contribution in [1.29, 1.82) is 0 Å². The van der Waals surface area contributed by atoms with E-state index in [0.29, 0.717) is 54.9 Å². The summed E-state index contributed by atoms with van der Waals surface area (Å²) in [6.45, 7) is 1.98. The molecule has 5 nitrogen and oxygen atoms in total. The summed E-state index contributed by atoms with van der Waals surface area (Å²) >= 11 is 18.6. The van der Waals surface area contributed by atoms with Crippen molar-refractivity contribution in [3.8, 4) is 22.8 Å². The summed E-state index contributed by atoms with van der Waals surface area (Å²) in [5.41, 5.74) is 4.31. The predicted octanol–water partition coefficient (Wildman–Crippen LogP) is 8.68. The van der Waals surface area contributed by atoms with E-state index in [4.69, 9.17) is 43.6 Å². The van der Waals surface area contributed by atoms with Crippen LogP contribution in [0, 0.1) is 6.92 Å². The number of aromatic nitrogens is 1. The molecule has 5 rings (SSSR count). The minimum absolute atomic E-state index is 0.339. The van der Waals surface area contributed by atoms with Crippen molar-refractivity contribution in [2.75, 3.05) is 5.32 Å². The van der Waals surface area contributed by atoms with Crippen LogP contribution in [0.3, 0.4) is 0 Å². The molecule has 1 amide bonds. The van der Waals surface area contributed by atoms with Crippen molar-refractivity contribution in [2.24, 2.45) is 0 Å². The van der Waals surface area contributed by atoms with E-state index in [2.05, 4.69) is 10.3 Å². The van der Waals surface area contributed by atoms with Crippen LogP contribution in [0.4, 0.5) is 5.69 Å². The van der Waals surface area contributed by atoms with Gasteiger partial charge >= 0.3 is 0 Å². The van der Waals surface area contributed by atoms with Crippen molar-refractivity contribution < 1.29 is 13.6 Å². The molecule has 0 saturated heterocycles. The highest BCUT2D eigenvalue weighted by Crippen LogP contribution is 2.33. The summed E-state index contributed by atoms with van der Waals surface area (Å²) in [6.07, 6.45) is 2.95. The number of hydrogen-bond donors (Lipinski definition) is 1. The number of fused-ring (bicyclic) bond motifs is 1. The number of nitrogens with one attached hydrogen (secondary N) is 1. The van der Waals surface area contributed by atoms with E-state index in [1.54, 1.807) is 54.6 Å². The highest BCUT2D eigenvalue weighted by molar-refractivity contribution is 6.36. The van der Waals surface area contributed by atoms with Crippen LogP contribution in [0.25, 0.3) is 40.0 Å². The molecule has 1 N–H and O–H groups in total. The summed E-state index contributed by atoms with van der Waals surface area (Å²) in [4.78, 5) is 17.0. The van der Waals surface area contributed by atoms with Crippen molar-refractivity contribution >= 4 is 63.6 Å². The number of furan rings is 1. The molecule has 0 fully saturated rings. The Morgan fingerprint density at radius 3 is 2.57 bits per heavy atom. The summed E-state index contributed by atoms with van der Waals surface area (Å²) in [7, 11) is 0. The number of anilines is 1. The van der Waals surface area contributed by atoms with E-state index in [-0.39, 0.29) is 5.91 Å². The molecule has 0 spiro atoms. The van der Waals surface area contributed by atoms with Gasteiger partial charge < -0.3 is 14.2 Å². The number of amides is 1. The highest BCUT2D eigenvalue weighted by atomic mass is 35.5. The number of halogens is 3. The summed E-state index contributed by atoms with van der Waals surface area (Å²) in [6, 6.07) is 19.6. The van der Waals surface area contributed by atoms with Gasteiger partial charge in [-0.15, -0.1) is 0 Å². The van der Waals surface area contributed by atoms with Crippen LogP contribution < -0.4 is 5.32 Å². The molecule has 5 aromatic rings. The Kier molecular flexibility index (Phi) is 6.39. The molecule has 0 aliphatic rings. The lowest BCUT2D eigenvalue weighted by Crippen LogP contribution is -2.07. The first-order valence-corrected chi connectivity index (χ1v) is 11.7. The SMILES string of the molecule is Cc1ccc2nc(-c3cc(NC(=O)/C=C/c4ccc(-c5ccc(Cl)cc5Cl)o4)ccc3Cl)oc2c1. The quantitative estimate of drug-likeness (QED) is 0.234. The van der Waals surface area contributed by atoms with Crippen molar-refractivity contribution in [3.63, 3.8) is 0 Å². The molecule has 8 heteroatoms. The van der Waals surface area contributed by atoms with Crippen LogP contribution in [0.2, 0.25) is 15.1 Å². The van der Waals surface area contributed by atoms with E-state index in [1.807, 2.05) is 25.1 Å². The first-order valence-electron chi connectivity index (χ1n) is 10.6. The Hall–Kier alpha value is -3.51. The van der Waals surface area contributed by atoms with Gasteiger partial charge in [0.25, 0.3) is 0 Å². The Balaban J connectivity index is 1.32. The standard InChI is InChI=1S/C27H17Cl3N2O3/c1-15-2-9-23-25(12-15)35-27(32-23)20-14-17(4-8-21(20)29)31-26(33)11-6-18-5-10-24(34-18)19-7-3-16(28)13-22(19)30/h2-14H,1H3,(H,31,33)/b11-6+. The molecule has 174 valence electrons. The lowest BCUT2D eigenvalue weighted by Gasteiger charge is -2.05. The molecule has 2 heterocycles. The number of carbonyl (C=O) groups is 1. The fourth-order valence-electron chi connectivity index (χ4n) is 3.53. The minimum atomic E-state index is -0.339. The number of benzene rings is 3. The number of carbonyl (C=O) groups excluding carboxylic acids is 1. The summed E-state index contributed by atoms with van der Waals surface area (Å²) in [5.74, 6) is 1.11. The largest absolute Gasteiger partial charge is 0.457 e. The summed E-state index contributed by atoms with van der Waals surface area (Å²) < 4.78 is 11.7. The Bertz CT molecular complexity index is 1600. The fourth-order valence-corrected chi connectivity index (χ4v) is 4.23. The average molecular weight is 524 g/mol. The molecular weight excluding hydrogens is 507 g/mol. The van der Waals surface area contributed by atoms with E-state index in [0.717, 1.165) is 11.1 Å². The predicted molar refractivity (Wildman–Crippen MR) is 141 cm³/mol. The topological polar surface area (TPSA) is 68.3 Å². The maximum Gasteiger partial charge on any atom is 0.248 e. The zero-order valence-electron chi connectivity index (χ0n) is 18.3. The van der Waals surface area contributed by atoms with Gasteiger partial charge in [-0.2, -0.15) is 0 Å². The smallest absolute Gasteiger partial charge is 0.248 e. The van der Waals surface area contributed by atoms with Gasteiger partial charge in [-0.25, -0.2) is 4.98 Å². The van der Waals surface area contributed by atoms with Crippen LogP contribution >= 0.6 is 34.8 Å². The second kappa shape index (κ2) is 9.62. The van der Waals surface area contributed by atoms with Gasteiger partial charge in [0, 0.05) is 22.3 Å². The molecule has 0 bridgehead atoms. The zero-order valence-corrected chi connectivity index (χ0v) is 20.6. The average Bonchev–Trinajstić information content (AvgIpc) is 3.46. The molecule has 0 aliphatic carbocycles.